The maximum absolute atomic E-state index is 13.3. The van der Waals surface area contributed by atoms with Crippen LogP contribution in [0.15, 0.2) is 48.5 Å². The molecule has 1 aliphatic heterocycles. The first-order valence-electron chi connectivity index (χ1n) is 9.70. The standard InChI is InChI=1S/C22H26N4O2/c1-15(2)25-12-13-26(22(27)16-8-10-17(28-3)11-9-16)20(14-25)21-23-18-6-4-5-7-19(18)24-21/h4-11,15,20H,12-14H2,1-3H3,(H,23,24). The van der Waals surface area contributed by atoms with Gasteiger partial charge in [-0.1, -0.05) is 12.1 Å². The van der Waals surface area contributed by atoms with Gasteiger partial charge in [0.25, 0.3) is 5.91 Å². The van der Waals surface area contributed by atoms with Gasteiger partial charge in [0.1, 0.15) is 17.6 Å². The van der Waals surface area contributed by atoms with Crippen molar-refractivity contribution in [2.45, 2.75) is 25.9 Å². The normalized spacial score (nSPS) is 18.0. The van der Waals surface area contributed by atoms with Gasteiger partial charge in [-0.05, 0) is 50.2 Å². The zero-order valence-electron chi connectivity index (χ0n) is 16.6. The van der Waals surface area contributed by atoms with Gasteiger partial charge < -0.3 is 14.6 Å². The molecule has 1 N–H and O–H groups in total. The smallest absolute Gasteiger partial charge is 0.254 e. The zero-order valence-corrected chi connectivity index (χ0v) is 16.6. The van der Waals surface area contributed by atoms with Gasteiger partial charge in [0.2, 0.25) is 0 Å². The summed E-state index contributed by atoms with van der Waals surface area (Å²) >= 11 is 0. The maximum atomic E-state index is 13.3. The minimum atomic E-state index is -0.113. The van der Waals surface area contributed by atoms with Crippen molar-refractivity contribution in [3.63, 3.8) is 0 Å². The molecule has 1 fully saturated rings. The number of amides is 1. The van der Waals surface area contributed by atoms with Crippen LogP contribution in [0.1, 0.15) is 36.1 Å². The lowest BCUT2D eigenvalue weighted by Crippen LogP contribution is -2.52. The molecule has 3 aromatic rings. The third-order valence-corrected chi connectivity index (χ3v) is 5.46. The molecule has 1 saturated heterocycles. The van der Waals surface area contributed by atoms with Crippen LogP contribution in [0.3, 0.4) is 0 Å². The van der Waals surface area contributed by atoms with E-state index in [0.717, 1.165) is 35.7 Å². The second-order valence-corrected chi connectivity index (χ2v) is 7.47. The summed E-state index contributed by atoms with van der Waals surface area (Å²) in [5, 5.41) is 0. The van der Waals surface area contributed by atoms with E-state index in [9.17, 15) is 4.79 Å². The Hall–Kier alpha value is -2.86. The van der Waals surface area contributed by atoms with E-state index in [1.165, 1.54) is 0 Å². The second kappa shape index (κ2) is 7.64. The molecule has 2 aromatic carbocycles. The predicted octanol–water partition coefficient (Wildman–Crippen LogP) is 3.48. The van der Waals surface area contributed by atoms with Gasteiger partial charge in [0, 0.05) is 31.2 Å². The third kappa shape index (κ3) is 3.47. The number of H-pyrrole nitrogens is 1. The number of imidazole rings is 1. The van der Waals surface area contributed by atoms with Crippen LogP contribution in [-0.2, 0) is 0 Å². The fourth-order valence-corrected chi connectivity index (χ4v) is 3.78. The van der Waals surface area contributed by atoms with Crippen LogP contribution in [0.4, 0.5) is 0 Å². The number of aromatic amines is 1. The molecule has 146 valence electrons. The van der Waals surface area contributed by atoms with Crippen LogP contribution in [0.2, 0.25) is 0 Å². The Morgan fingerprint density at radius 3 is 2.57 bits per heavy atom. The van der Waals surface area contributed by atoms with Crippen molar-refractivity contribution in [1.82, 2.24) is 19.8 Å². The Kier molecular flexibility index (Phi) is 5.05. The highest BCUT2D eigenvalue weighted by Gasteiger charge is 2.34. The summed E-state index contributed by atoms with van der Waals surface area (Å²) in [6, 6.07) is 15.6. The minimum Gasteiger partial charge on any atom is -0.497 e. The van der Waals surface area contributed by atoms with Gasteiger partial charge in [-0.15, -0.1) is 0 Å². The number of nitrogens with zero attached hydrogens (tertiary/aromatic N) is 3. The molecule has 4 rings (SSSR count). The molecule has 0 spiro atoms. The molecule has 0 aliphatic carbocycles. The lowest BCUT2D eigenvalue weighted by molar-refractivity contribution is 0.0364. The number of hydrogen-bond acceptors (Lipinski definition) is 4. The van der Waals surface area contributed by atoms with Crippen LogP contribution >= 0.6 is 0 Å². The molecule has 1 amide bonds. The average Bonchev–Trinajstić information content (AvgIpc) is 3.17. The van der Waals surface area contributed by atoms with E-state index in [0.29, 0.717) is 18.2 Å². The number of piperazine rings is 1. The number of rotatable bonds is 4. The molecule has 2 heterocycles. The number of hydrogen-bond donors (Lipinski definition) is 1. The van der Waals surface area contributed by atoms with Gasteiger partial charge in [-0.25, -0.2) is 4.98 Å². The Morgan fingerprint density at radius 1 is 1.14 bits per heavy atom. The Morgan fingerprint density at radius 2 is 1.89 bits per heavy atom. The topological polar surface area (TPSA) is 61.5 Å². The first-order chi connectivity index (χ1) is 13.6. The summed E-state index contributed by atoms with van der Waals surface area (Å²) in [6.07, 6.45) is 0. The molecule has 0 saturated carbocycles. The van der Waals surface area contributed by atoms with Crippen LogP contribution < -0.4 is 4.74 Å². The molecule has 6 heteroatoms. The monoisotopic (exact) mass is 378 g/mol. The summed E-state index contributed by atoms with van der Waals surface area (Å²) in [6.45, 7) is 6.67. The van der Waals surface area contributed by atoms with Gasteiger partial charge in [0.15, 0.2) is 0 Å². The van der Waals surface area contributed by atoms with Crippen molar-refractivity contribution < 1.29 is 9.53 Å². The Labute approximate surface area is 165 Å². The summed E-state index contributed by atoms with van der Waals surface area (Å²) in [5.41, 5.74) is 2.59. The van der Waals surface area contributed by atoms with Crippen LogP contribution in [0.5, 0.6) is 5.75 Å². The number of fused-ring (bicyclic) bond motifs is 1. The van der Waals surface area contributed by atoms with E-state index in [4.69, 9.17) is 9.72 Å². The van der Waals surface area contributed by atoms with Crippen LogP contribution in [0.25, 0.3) is 11.0 Å². The first kappa shape index (κ1) is 18.5. The Balaban J connectivity index is 1.67. The summed E-state index contributed by atoms with van der Waals surface area (Å²) in [5.74, 6) is 1.61. The van der Waals surface area contributed by atoms with Crippen molar-refractivity contribution in [2.75, 3.05) is 26.7 Å². The van der Waals surface area contributed by atoms with Crippen LogP contribution in [-0.4, -0.2) is 58.5 Å². The molecule has 0 radical (unpaired) electrons. The molecule has 28 heavy (non-hydrogen) atoms. The number of para-hydroxylation sites is 2. The highest BCUT2D eigenvalue weighted by molar-refractivity contribution is 5.94. The minimum absolute atomic E-state index is 0.0246. The van der Waals surface area contributed by atoms with E-state index in [1.807, 2.05) is 53.4 Å². The number of carbonyl (C=O) groups excluding carboxylic acids is 1. The highest BCUT2D eigenvalue weighted by atomic mass is 16.5. The highest BCUT2D eigenvalue weighted by Crippen LogP contribution is 2.28. The largest absolute Gasteiger partial charge is 0.497 e. The van der Waals surface area contributed by atoms with E-state index in [-0.39, 0.29) is 11.9 Å². The van der Waals surface area contributed by atoms with Gasteiger partial charge >= 0.3 is 0 Å². The lowest BCUT2D eigenvalue weighted by atomic mass is 10.1. The average molecular weight is 378 g/mol. The van der Waals surface area contributed by atoms with Gasteiger partial charge in [-0.2, -0.15) is 0 Å². The van der Waals surface area contributed by atoms with E-state index < -0.39 is 0 Å². The van der Waals surface area contributed by atoms with Gasteiger partial charge in [0.05, 0.1) is 18.1 Å². The molecule has 1 unspecified atom stereocenters. The molecule has 1 aromatic heterocycles. The number of carbonyl (C=O) groups is 1. The fourth-order valence-electron chi connectivity index (χ4n) is 3.78. The molecule has 0 bridgehead atoms. The fraction of sp³-hybridized carbons (Fsp3) is 0.364. The number of nitrogens with one attached hydrogen (secondary N) is 1. The number of benzene rings is 2. The predicted molar refractivity (Wildman–Crippen MR) is 110 cm³/mol. The summed E-state index contributed by atoms with van der Waals surface area (Å²) in [7, 11) is 1.62. The number of methoxy groups -OCH3 is 1. The lowest BCUT2D eigenvalue weighted by Gasteiger charge is -2.42. The number of aromatic nitrogens is 2. The molecule has 1 aliphatic rings. The molecular formula is C22H26N4O2. The first-order valence-corrected chi connectivity index (χ1v) is 9.70. The van der Waals surface area contributed by atoms with Crippen molar-refractivity contribution >= 4 is 16.9 Å². The van der Waals surface area contributed by atoms with E-state index in [1.54, 1.807) is 7.11 Å². The SMILES string of the molecule is COc1ccc(C(=O)N2CCN(C(C)C)CC2c2nc3ccccc3[nH]2)cc1. The molecular weight excluding hydrogens is 352 g/mol. The molecule has 6 nitrogen and oxygen atoms in total. The summed E-state index contributed by atoms with van der Waals surface area (Å²) < 4.78 is 5.21. The maximum Gasteiger partial charge on any atom is 0.254 e. The van der Waals surface area contributed by atoms with Gasteiger partial charge in [-0.3, -0.25) is 9.69 Å². The third-order valence-electron chi connectivity index (χ3n) is 5.46. The molecule has 1 atom stereocenters. The number of ether oxygens (including phenoxy) is 1. The Bertz CT molecular complexity index is 931. The van der Waals surface area contributed by atoms with Crippen molar-refractivity contribution in [3.8, 4) is 5.75 Å². The van der Waals surface area contributed by atoms with Crippen molar-refractivity contribution in [3.05, 3.63) is 59.9 Å². The van der Waals surface area contributed by atoms with E-state index >= 15 is 0 Å². The van der Waals surface area contributed by atoms with Crippen molar-refractivity contribution in [1.29, 1.82) is 0 Å². The summed E-state index contributed by atoms with van der Waals surface area (Å²) in [4.78, 5) is 25.9. The zero-order chi connectivity index (χ0) is 19.7. The van der Waals surface area contributed by atoms with Crippen LogP contribution in [0, 0.1) is 0 Å². The second-order valence-electron chi connectivity index (χ2n) is 7.47. The van der Waals surface area contributed by atoms with Crippen molar-refractivity contribution in [2.24, 2.45) is 0 Å². The van der Waals surface area contributed by atoms with E-state index in [2.05, 4.69) is 23.7 Å². The quantitative estimate of drug-likeness (QED) is 0.755.